The number of para-hydroxylation sites is 1. The lowest BCUT2D eigenvalue weighted by Gasteiger charge is -2.21. The van der Waals surface area contributed by atoms with Gasteiger partial charge in [0.2, 0.25) is 0 Å². The number of carbonyl (C=O) groups excluding carboxylic acids is 1. The van der Waals surface area contributed by atoms with Crippen molar-refractivity contribution in [3.63, 3.8) is 0 Å². The van der Waals surface area contributed by atoms with Gasteiger partial charge in [0.15, 0.2) is 0 Å². The second-order valence-corrected chi connectivity index (χ2v) is 6.37. The van der Waals surface area contributed by atoms with Gasteiger partial charge in [-0.2, -0.15) is 0 Å². The number of nitrogens with zero attached hydrogens (tertiary/aromatic N) is 1. The van der Waals surface area contributed by atoms with Gasteiger partial charge in [0, 0.05) is 13.0 Å². The molecule has 126 valence electrons. The first-order valence-electron chi connectivity index (χ1n) is 8.60. The van der Waals surface area contributed by atoms with Crippen molar-refractivity contribution in [3.8, 4) is 5.75 Å². The van der Waals surface area contributed by atoms with Gasteiger partial charge < -0.3 is 14.5 Å². The van der Waals surface area contributed by atoms with Gasteiger partial charge in [-0.1, -0.05) is 42.5 Å². The van der Waals surface area contributed by atoms with E-state index in [4.69, 9.17) is 4.74 Å². The Morgan fingerprint density at radius 2 is 1.79 bits per heavy atom. The highest BCUT2D eigenvalue weighted by Crippen LogP contribution is 2.21. The SMILES string of the molecule is C[NH+]1CCCN(C(=O)c2ccccc2OCc2ccccc2)CC1. The van der Waals surface area contributed by atoms with Gasteiger partial charge in [0.25, 0.3) is 5.91 Å². The summed E-state index contributed by atoms with van der Waals surface area (Å²) in [7, 11) is 2.19. The monoisotopic (exact) mass is 325 g/mol. The van der Waals surface area contributed by atoms with Crippen molar-refractivity contribution in [2.24, 2.45) is 0 Å². The Bertz CT molecular complexity index is 672. The maximum absolute atomic E-state index is 12.9. The molecule has 1 aliphatic rings. The van der Waals surface area contributed by atoms with E-state index in [1.54, 1.807) is 0 Å². The van der Waals surface area contributed by atoms with Gasteiger partial charge in [-0.3, -0.25) is 4.79 Å². The van der Waals surface area contributed by atoms with Crippen LogP contribution in [0.15, 0.2) is 54.6 Å². The van der Waals surface area contributed by atoms with Gasteiger partial charge in [0.05, 0.1) is 32.2 Å². The Morgan fingerprint density at radius 1 is 1.04 bits per heavy atom. The number of likely N-dealkylation sites (N-methyl/N-ethyl adjacent to an activating group) is 1. The molecule has 1 saturated heterocycles. The molecule has 0 spiro atoms. The summed E-state index contributed by atoms with van der Waals surface area (Å²) < 4.78 is 5.93. The summed E-state index contributed by atoms with van der Waals surface area (Å²) in [6.07, 6.45) is 1.05. The number of carbonyl (C=O) groups is 1. The zero-order valence-corrected chi connectivity index (χ0v) is 14.2. The molecule has 1 amide bonds. The van der Waals surface area contributed by atoms with Crippen LogP contribution in [0, 0.1) is 0 Å². The van der Waals surface area contributed by atoms with Gasteiger partial charge in [-0.15, -0.1) is 0 Å². The summed E-state index contributed by atoms with van der Waals surface area (Å²) in [4.78, 5) is 16.4. The molecule has 3 rings (SSSR count). The summed E-state index contributed by atoms with van der Waals surface area (Å²) in [5, 5.41) is 0. The van der Waals surface area contributed by atoms with E-state index in [1.165, 1.54) is 4.90 Å². The van der Waals surface area contributed by atoms with Crippen LogP contribution in [0.5, 0.6) is 5.75 Å². The smallest absolute Gasteiger partial charge is 0.257 e. The number of hydrogen-bond acceptors (Lipinski definition) is 2. The fraction of sp³-hybridized carbons (Fsp3) is 0.350. The first-order chi connectivity index (χ1) is 11.7. The van der Waals surface area contributed by atoms with Crippen LogP contribution >= 0.6 is 0 Å². The number of rotatable bonds is 4. The molecule has 1 fully saturated rings. The van der Waals surface area contributed by atoms with Crippen LogP contribution in [0.3, 0.4) is 0 Å². The molecule has 0 aromatic heterocycles. The van der Waals surface area contributed by atoms with Crippen LogP contribution in [0.1, 0.15) is 22.3 Å². The van der Waals surface area contributed by atoms with E-state index in [9.17, 15) is 4.79 Å². The first kappa shape index (κ1) is 16.5. The van der Waals surface area contributed by atoms with E-state index in [2.05, 4.69) is 7.05 Å². The molecule has 0 radical (unpaired) electrons. The molecule has 1 N–H and O–H groups in total. The highest BCUT2D eigenvalue weighted by atomic mass is 16.5. The van der Waals surface area contributed by atoms with E-state index in [1.807, 2.05) is 59.5 Å². The van der Waals surface area contributed by atoms with E-state index in [0.29, 0.717) is 17.9 Å². The van der Waals surface area contributed by atoms with Crippen molar-refractivity contribution >= 4 is 5.91 Å². The van der Waals surface area contributed by atoms with E-state index >= 15 is 0 Å². The number of nitrogens with one attached hydrogen (secondary N) is 1. The molecule has 0 aliphatic carbocycles. The molecule has 2 aromatic rings. The highest BCUT2D eigenvalue weighted by Gasteiger charge is 2.22. The fourth-order valence-electron chi connectivity index (χ4n) is 3.01. The lowest BCUT2D eigenvalue weighted by atomic mass is 10.1. The maximum Gasteiger partial charge on any atom is 0.257 e. The van der Waals surface area contributed by atoms with Crippen LogP contribution in [0.4, 0.5) is 0 Å². The normalized spacial score (nSPS) is 18.0. The second-order valence-electron chi connectivity index (χ2n) is 6.37. The third-order valence-corrected chi connectivity index (χ3v) is 4.48. The van der Waals surface area contributed by atoms with Gasteiger partial charge in [0.1, 0.15) is 12.4 Å². The van der Waals surface area contributed by atoms with E-state index < -0.39 is 0 Å². The van der Waals surface area contributed by atoms with E-state index in [-0.39, 0.29) is 5.91 Å². The molecule has 1 unspecified atom stereocenters. The van der Waals surface area contributed by atoms with Crippen molar-refractivity contribution in [3.05, 3.63) is 65.7 Å². The topological polar surface area (TPSA) is 34.0 Å². The predicted octanol–water partition coefficient (Wildman–Crippen LogP) is 1.63. The molecule has 0 bridgehead atoms. The van der Waals surface area contributed by atoms with Crippen LogP contribution in [-0.2, 0) is 6.61 Å². The minimum Gasteiger partial charge on any atom is -0.488 e. The fourth-order valence-corrected chi connectivity index (χ4v) is 3.01. The quantitative estimate of drug-likeness (QED) is 0.927. The van der Waals surface area contributed by atoms with E-state index in [0.717, 1.165) is 38.2 Å². The zero-order valence-electron chi connectivity index (χ0n) is 14.2. The average molecular weight is 325 g/mol. The molecule has 2 aromatic carbocycles. The van der Waals surface area contributed by atoms with Gasteiger partial charge >= 0.3 is 0 Å². The lowest BCUT2D eigenvalue weighted by molar-refractivity contribution is -0.877. The second kappa shape index (κ2) is 7.97. The van der Waals surface area contributed by atoms with Crippen molar-refractivity contribution in [2.75, 3.05) is 33.2 Å². The third-order valence-electron chi connectivity index (χ3n) is 4.48. The maximum atomic E-state index is 12.9. The van der Waals surface area contributed by atoms with Crippen molar-refractivity contribution < 1.29 is 14.4 Å². The number of benzene rings is 2. The molecule has 4 nitrogen and oxygen atoms in total. The summed E-state index contributed by atoms with van der Waals surface area (Å²) in [5.74, 6) is 0.740. The molecule has 4 heteroatoms. The molecular formula is C20H25N2O2+. The average Bonchev–Trinajstić information content (AvgIpc) is 2.85. The van der Waals surface area contributed by atoms with Crippen LogP contribution in [0.2, 0.25) is 0 Å². The van der Waals surface area contributed by atoms with Crippen LogP contribution in [-0.4, -0.2) is 44.0 Å². The Balaban J connectivity index is 1.72. The first-order valence-corrected chi connectivity index (χ1v) is 8.60. The lowest BCUT2D eigenvalue weighted by Crippen LogP contribution is -3.09. The molecule has 1 atom stereocenters. The van der Waals surface area contributed by atoms with Crippen molar-refractivity contribution in [1.29, 1.82) is 0 Å². The Labute approximate surface area is 143 Å². The highest BCUT2D eigenvalue weighted by molar-refractivity contribution is 5.97. The zero-order chi connectivity index (χ0) is 16.8. The third kappa shape index (κ3) is 4.15. The van der Waals surface area contributed by atoms with Gasteiger partial charge in [-0.05, 0) is 17.7 Å². The minimum atomic E-state index is 0.0772. The Morgan fingerprint density at radius 3 is 2.62 bits per heavy atom. The number of ether oxygens (including phenoxy) is 1. The summed E-state index contributed by atoms with van der Waals surface area (Å²) >= 11 is 0. The van der Waals surface area contributed by atoms with Crippen LogP contribution in [0.25, 0.3) is 0 Å². The van der Waals surface area contributed by atoms with Gasteiger partial charge in [-0.25, -0.2) is 0 Å². The Hall–Kier alpha value is -2.33. The summed E-state index contributed by atoms with van der Waals surface area (Å²) in [5.41, 5.74) is 1.76. The van der Waals surface area contributed by atoms with Crippen LogP contribution < -0.4 is 9.64 Å². The molecular weight excluding hydrogens is 300 g/mol. The standard InChI is InChI=1S/C20H24N2O2/c1-21-12-7-13-22(15-14-21)20(23)18-10-5-6-11-19(18)24-16-17-8-3-2-4-9-17/h2-6,8-11H,7,12-16H2,1H3/p+1. The largest absolute Gasteiger partial charge is 0.488 e. The summed E-state index contributed by atoms with van der Waals surface area (Å²) in [6.45, 7) is 4.22. The van der Waals surface area contributed by atoms with Crippen molar-refractivity contribution in [2.45, 2.75) is 13.0 Å². The minimum absolute atomic E-state index is 0.0772. The number of hydrogen-bond donors (Lipinski definition) is 1. The molecule has 24 heavy (non-hydrogen) atoms. The molecule has 0 saturated carbocycles. The number of amides is 1. The summed E-state index contributed by atoms with van der Waals surface area (Å²) in [6, 6.07) is 17.6. The molecule has 1 heterocycles. The van der Waals surface area contributed by atoms with Crippen molar-refractivity contribution in [1.82, 2.24) is 4.90 Å². The Kier molecular flexibility index (Phi) is 5.49. The predicted molar refractivity (Wildman–Crippen MR) is 94.4 cm³/mol. The molecule has 1 aliphatic heterocycles. The number of quaternary nitrogens is 1.